The predicted molar refractivity (Wildman–Crippen MR) is 70.2 cm³/mol. The fourth-order valence-corrected chi connectivity index (χ4v) is 2.43. The summed E-state index contributed by atoms with van der Waals surface area (Å²) < 4.78 is 19.6. The van der Waals surface area contributed by atoms with Gasteiger partial charge >= 0.3 is 0 Å². The molecular formula is C16H15FO. The lowest BCUT2D eigenvalue weighted by Crippen LogP contribution is -2.19. The number of aryl methyl sites for hydroxylation is 1. The molecule has 0 bridgehead atoms. The molecule has 3 rings (SSSR count). The average Bonchev–Trinajstić information content (AvgIpc) is 2.39. The van der Waals surface area contributed by atoms with Crippen LogP contribution in [0.25, 0.3) is 11.1 Å². The van der Waals surface area contributed by atoms with E-state index >= 15 is 0 Å². The molecule has 0 amide bonds. The van der Waals surface area contributed by atoms with Gasteiger partial charge in [-0.25, -0.2) is 4.39 Å². The highest BCUT2D eigenvalue weighted by Gasteiger charge is 2.21. The Balaban J connectivity index is 2.17. The minimum absolute atomic E-state index is 0.189. The maximum atomic E-state index is 13.7. The Morgan fingerprint density at radius 2 is 1.94 bits per heavy atom. The van der Waals surface area contributed by atoms with E-state index in [0.717, 1.165) is 35.3 Å². The van der Waals surface area contributed by atoms with Crippen LogP contribution >= 0.6 is 0 Å². The number of hydrogen-bond acceptors (Lipinski definition) is 1. The van der Waals surface area contributed by atoms with Gasteiger partial charge in [0.1, 0.15) is 11.6 Å². The molecule has 0 fully saturated rings. The Labute approximate surface area is 106 Å². The summed E-state index contributed by atoms with van der Waals surface area (Å²) in [5.74, 6) is 0.659. The SMILES string of the molecule is C[C@H]1CCc2cc(F)cc(-c3ccccc3)c2O1. The summed E-state index contributed by atoms with van der Waals surface area (Å²) in [7, 11) is 0. The van der Waals surface area contributed by atoms with Gasteiger partial charge in [-0.3, -0.25) is 0 Å². The molecule has 0 radical (unpaired) electrons. The highest BCUT2D eigenvalue weighted by Crippen LogP contribution is 2.38. The molecular weight excluding hydrogens is 227 g/mol. The molecule has 1 heterocycles. The van der Waals surface area contributed by atoms with E-state index < -0.39 is 0 Å². The summed E-state index contributed by atoms with van der Waals surface area (Å²) in [6.45, 7) is 2.06. The quantitative estimate of drug-likeness (QED) is 0.728. The van der Waals surface area contributed by atoms with Crippen molar-refractivity contribution in [3.63, 3.8) is 0 Å². The fourth-order valence-electron chi connectivity index (χ4n) is 2.43. The second-order valence-electron chi connectivity index (χ2n) is 4.77. The molecule has 2 aromatic carbocycles. The number of rotatable bonds is 1. The Hall–Kier alpha value is -1.83. The smallest absolute Gasteiger partial charge is 0.130 e. The van der Waals surface area contributed by atoms with Crippen molar-refractivity contribution < 1.29 is 9.13 Å². The normalized spacial score (nSPS) is 18.0. The van der Waals surface area contributed by atoms with Crippen LogP contribution in [0.1, 0.15) is 18.9 Å². The minimum atomic E-state index is -0.189. The zero-order chi connectivity index (χ0) is 12.5. The van der Waals surface area contributed by atoms with E-state index in [4.69, 9.17) is 4.74 Å². The van der Waals surface area contributed by atoms with E-state index in [9.17, 15) is 4.39 Å². The lowest BCUT2D eigenvalue weighted by Gasteiger charge is -2.25. The summed E-state index contributed by atoms with van der Waals surface area (Å²) in [5, 5.41) is 0. The second kappa shape index (κ2) is 4.45. The van der Waals surface area contributed by atoms with Crippen LogP contribution in [-0.4, -0.2) is 6.10 Å². The molecule has 0 saturated carbocycles. The van der Waals surface area contributed by atoms with Gasteiger partial charge in [-0.15, -0.1) is 0 Å². The number of fused-ring (bicyclic) bond motifs is 1. The second-order valence-corrected chi connectivity index (χ2v) is 4.77. The molecule has 1 aliphatic heterocycles. The van der Waals surface area contributed by atoms with Gasteiger partial charge in [-0.2, -0.15) is 0 Å². The maximum Gasteiger partial charge on any atom is 0.130 e. The van der Waals surface area contributed by atoms with Crippen molar-refractivity contribution in [1.29, 1.82) is 0 Å². The van der Waals surface area contributed by atoms with Crippen LogP contribution in [0.5, 0.6) is 5.75 Å². The molecule has 2 heteroatoms. The van der Waals surface area contributed by atoms with Crippen molar-refractivity contribution in [1.82, 2.24) is 0 Å². The number of benzene rings is 2. The van der Waals surface area contributed by atoms with Crippen LogP contribution in [0.4, 0.5) is 4.39 Å². The summed E-state index contributed by atoms with van der Waals surface area (Å²) in [6, 6.07) is 13.0. The number of halogens is 1. The largest absolute Gasteiger partial charge is 0.490 e. The van der Waals surface area contributed by atoms with E-state index in [1.165, 1.54) is 0 Å². The summed E-state index contributed by atoms with van der Waals surface area (Å²) in [5.41, 5.74) is 2.84. The fraction of sp³-hybridized carbons (Fsp3) is 0.250. The van der Waals surface area contributed by atoms with Crippen LogP contribution < -0.4 is 4.74 Å². The van der Waals surface area contributed by atoms with Crippen molar-refractivity contribution in [2.24, 2.45) is 0 Å². The highest BCUT2D eigenvalue weighted by molar-refractivity contribution is 5.72. The Bertz CT molecular complexity index is 563. The van der Waals surface area contributed by atoms with Gasteiger partial charge in [-0.05, 0) is 43.0 Å². The molecule has 0 spiro atoms. The molecule has 0 aromatic heterocycles. The monoisotopic (exact) mass is 242 g/mol. The first-order chi connectivity index (χ1) is 8.74. The minimum Gasteiger partial charge on any atom is -0.490 e. The van der Waals surface area contributed by atoms with Crippen LogP contribution in [0.3, 0.4) is 0 Å². The lowest BCUT2D eigenvalue weighted by molar-refractivity contribution is 0.193. The standard InChI is InChI=1S/C16H15FO/c1-11-7-8-13-9-14(17)10-15(16(13)18-11)12-5-3-2-4-6-12/h2-6,9-11H,7-8H2,1H3/t11-/m0/s1. The van der Waals surface area contributed by atoms with Crippen LogP contribution in [0.15, 0.2) is 42.5 Å². The van der Waals surface area contributed by atoms with Crippen molar-refractivity contribution in [3.05, 3.63) is 53.8 Å². The molecule has 0 N–H and O–H groups in total. The zero-order valence-corrected chi connectivity index (χ0v) is 10.3. The van der Waals surface area contributed by atoms with Crippen LogP contribution in [0, 0.1) is 5.82 Å². The van der Waals surface area contributed by atoms with E-state index in [2.05, 4.69) is 6.92 Å². The van der Waals surface area contributed by atoms with E-state index in [-0.39, 0.29) is 11.9 Å². The van der Waals surface area contributed by atoms with Crippen molar-refractivity contribution in [2.45, 2.75) is 25.9 Å². The van der Waals surface area contributed by atoms with Gasteiger partial charge in [0.25, 0.3) is 0 Å². The molecule has 1 atom stereocenters. The van der Waals surface area contributed by atoms with E-state index in [1.54, 1.807) is 12.1 Å². The average molecular weight is 242 g/mol. The van der Waals surface area contributed by atoms with Gasteiger partial charge in [0.05, 0.1) is 6.10 Å². The van der Waals surface area contributed by atoms with E-state index in [1.807, 2.05) is 30.3 Å². The summed E-state index contributed by atoms with van der Waals surface area (Å²) in [4.78, 5) is 0. The third kappa shape index (κ3) is 1.99. The topological polar surface area (TPSA) is 9.23 Å². The van der Waals surface area contributed by atoms with Crippen molar-refractivity contribution in [3.8, 4) is 16.9 Å². The van der Waals surface area contributed by atoms with Gasteiger partial charge in [0.15, 0.2) is 0 Å². The summed E-state index contributed by atoms with van der Waals surface area (Å²) in [6.07, 6.45) is 2.03. The molecule has 18 heavy (non-hydrogen) atoms. The Morgan fingerprint density at radius 3 is 2.72 bits per heavy atom. The number of hydrogen-bond donors (Lipinski definition) is 0. The van der Waals surface area contributed by atoms with Crippen LogP contribution in [-0.2, 0) is 6.42 Å². The molecule has 0 unspecified atom stereocenters. The third-order valence-corrected chi connectivity index (χ3v) is 3.35. The van der Waals surface area contributed by atoms with Crippen molar-refractivity contribution >= 4 is 0 Å². The van der Waals surface area contributed by atoms with Gasteiger partial charge in [0, 0.05) is 5.56 Å². The van der Waals surface area contributed by atoms with Gasteiger partial charge in [-0.1, -0.05) is 30.3 Å². The zero-order valence-electron chi connectivity index (χ0n) is 10.3. The Morgan fingerprint density at radius 1 is 1.17 bits per heavy atom. The maximum absolute atomic E-state index is 13.7. The highest BCUT2D eigenvalue weighted by atomic mass is 19.1. The first-order valence-corrected chi connectivity index (χ1v) is 6.28. The lowest BCUT2D eigenvalue weighted by atomic mass is 9.96. The van der Waals surface area contributed by atoms with E-state index in [0.29, 0.717) is 0 Å². The van der Waals surface area contributed by atoms with Crippen LogP contribution in [0.2, 0.25) is 0 Å². The van der Waals surface area contributed by atoms with Gasteiger partial charge in [0.2, 0.25) is 0 Å². The first-order valence-electron chi connectivity index (χ1n) is 6.28. The molecule has 2 aromatic rings. The first kappa shape index (κ1) is 11.3. The number of ether oxygens (including phenoxy) is 1. The molecule has 0 aliphatic carbocycles. The van der Waals surface area contributed by atoms with Gasteiger partial charge < -0.3 is 4.74 Å². The predicted octanol–water partition coefficient (Wildman–Crippen LogP) is 4.21. The summed E-state index contributed by atoms with van der Waals surface area (Å²) >= 11 is 0. The third-order valence-electron chi connectivity index (χ3n) is 3.35. The Kier molecular flexibility index (Phi) is 2.78. The molecule has 1 aliphatic rings. The molecule has 0 saturated heterocycles. The van der Waals surface area contributed by atoms with Crippen molar-refractivity contribution in [2.75, 3.05) is 0 Å². The molecule has 1 nitrogen and oxygen atoms in total. The molecule has 92 valence electrons.